The molecule has 0 saturated heterocycles. The monoisotopic (exact) mass is 337 g/mol. The van der Waals surface area contributed by atoms with Crippen LogP contribution in [0.5, 0.6) is 0 Å². The second kappa shape index (κ2) is 6.24. The number of carbonyl (C=O) groups excluding carboxylic acids is 1. The zero-order valence-electron chi connectivity index (χ0n) is 13.6. The first kappa shape index (κ1) is 15.1. The van der Waals surface area contributed by atoms with Crippen molar-refractivity contribution in [3.05, 3.63) is 75.7 Å². The molecule has 0 saturated carbocycles. The average Bonchev–Trinajstić information content (AvgIpc) is 3.27. The fraction of sp³-hybridized carbons (Fsp3) is 0.263. The van der Waals surface area contributed by atoms with Gasteiger partial charge in [-0.15, -0.1) is 11.3 Å². The lowest BCUT2D eigenvalue weighted by Gasteiger charge is -2.33. The smallest absolute Gasteiger partial charge is 0.254 e. The van der Waals surface area contributed by atoms with Crippen LogP contribution >= 0.6 is 11.3 Å². The zero-order valence-corrected chi connectivity index (χ0v) is 14.4. The number of amides is 1. The van der Waals surface area contributed by atoms with Crippen LogP contribution in [0.15, 0.2) is 54.2 Å². The molecule has 0 aliphatic carbocycles. The van der Waals surface area contributed by atoms with Crippen LogP contribution in [0, 0.1) is 0 Å². The van der Waals surface area contributed by atoms with Gasteiger partial charge in [0.2, 0.25) is 0 Å². The second-order valence-corrected chi connectivity index (χ2v) is 7.12. The lowest BCUT2D eigenvalue weighted by atomic mass is 10.00. The molecule has 122 valence electrons. The molecule has 3 aromatic rings. The molecule has 0 fully saturated rings. The fourth-order valence-electron chi connectivity index (χ4n) is 3.29. The van der Waals surface area contributed by atoms with Crippen molar-refractivity contribution >= 4 is 17.2 Å². The highest BCUT2D eigenvalue weighted by molar-refractivity contribution is 7.10. The number of aromatic nitrogens is 2. The minimum absolute atomic E-state index is 0.116. The van der Waals surface area contributed by atoms with E-state index in [9.17, 15) is 4.79 Å². The molecule has 1 unspecified atom stereocenters. The van der Waals surface area contributed by atoms with E-state index in [2.05, 4.69) is 23.5 Å². The average molecular weight is 337 g/mol. The maximum Gasteiger partial charge on any atom is 0.254 e. The predicted octanol–water partition coefficient (Wildman–Crippen LogP) is 3.75. The van der Waals surface area contributed by atoms with Gasteiger partial charge in [0.1, 0.15) is 0 Å². The molecule has 3 heterocycles. The Kier molecular flexibility index (Phi) is 3.94. The Balaban J connectivity index is 1.50. The summed E-state index contributed by atoms with van der Waals surface area (Å²) in [6.45, 7) is 3.64. The molecule has 1 amide bonds. The maximum atomic E-state index is 12.9. The summed E-state index contributed by atoms with van der Waals surface area (Å²) in [6.07, 6.45) is 4.67. The van der Waals surface area contributed by atoms with Gasteiger partial charge in [0.15, 0.2) is 0 Å². The minimum Gasteiger partial charge on any atom is -0.331 e. The van der Waals surface area contributed by atoms with Crippen molar-refractivity contribution in [2.45, 2.75) is 25.9 Å². The molecular formula is C19H19N3OS. The van der Waals surface area contributed by atoms with E-state index >= 15 is 0 Å². The Morgan fingerprint density at radius 2 is 2.12 bits per heavy atom. The molecule has 0 bridgehead atoms. The molecule has 1 aliphatic heterocycles. The second-order valence-electron chi connectivity index (χ2n) is 6.12. The number of benzene rings is 1. The van der Waals surface area contributed by atoms with E-state index in [1.807, 2.05) is 46.1 Å². The highest BCUT2D eigenvalue weighted by Gasteiger charge is 2.28. The number of hydrogen-bond donors (Lipinski definition) is 0. The van der Waals surface area contributed by atoms with E-state index in [0.717, 1.165) is 30.6 Å². The van der Waals surface area contributed by atoms with Gasteiger partial charge in [0.25, 0.3) is 5.91 Å². The Morgan fingerprint density at radius 1 is 1.29 bits per heavy atom. The zero-order chi connectivity index (χ0) is 16.5. The van der Waals surface area contributed by atoms with Crippen LogP contribution < -0.4 is 0 Å². The first-order chi connectivity index (χ1) is 11.7. The summed E-state index contributed by atoms with van der Waals surface area (Å²) >= 11 is 1.80. The van der Waals surface area contributed by atoms with E-state index in [1.165, 1.54) is 10.4 Å². The summed E-state index contributed by atoms with van der Waals surface area (Å²) in [5, 5.41) is 6.34. The lowest BCUT2D eigenvalue weighted by Crippen LogP contribution is -2.38. The van der Waals surface area contributed by atoms with Crippen molar-refractivity contribution in [2.75, 3.05) is 6.54 Å². The van der Waals surface area contributed by atoms with Gasteiger partial charge in [-0.2, -0.15) is 5.10 Å². The number of thiophene rings is 1. The quantitative estimate of drug-likeness (QED) is 0.730. The SMILES string of the molecule is CC1c2ccsc2CCN1C(=O)c1ccc(Cn2cccn2)cc1. The van der Waals surface area contributed by atoms with Crippen molar-refractivity contribution in [3.63, 3.8) is 0 Å². The summed E-state index contributed by atoms with van der Waals surface area (Å²) in [5.74, 6) is 0.116. The minimum atomic E-state index is 0.116. The first-order valence-electron chi connectivity index (χ1n) is 8.16. The highest BCUT2D eigenvalue weighted by atomic mass is 32.1. The van der Waals surface area contributed by atoms with Gasteiger partial charge < -0.3 is 4.90 Å². The van der Waals surface area contributed by atoms with Gasteiger partial charge >= 0.3 is 0 Å². The third-order valence-electron chi connectivity index (χ3n) is 4.64. The molecule has 24 heavy (non-hydrogen) atoms. The van der Waals surface area contributed by atoms with Gasteiger partial charge in [-0.05, 0) is 54.1 Å². The van der Waals surface area contributed by atoms with Crippen LogP contribution in [0.3, 0.4) is 0 Å². The molecule has 5 heteroatoms. The van der Waals surface area contributed by atoms with E-state index in [0.29, 0.717) is 0 Å². The molecule has 1 atom stereocenters. The normalized spacial score (nSPS) is 16.9. The number of nitrogens with zero attached hydrogens (tertiary/aromatic N) is 3. The largest absolute Gasteiger partial charge is 0.331 e. The molecule has 0 radical (unpaired) electrons. The molecule has 2 aromatic heterocycles. The summed E-state index contributed by atoms with van der Waals surface area (Å²) in [6, 6.07) is 12.1. The van der Waals surface area contributed by atoms with Crippen LogP contribution in [-0.2, 0) is 13.0 Å². The number of carbonyl (C=O) groups is 1. The van der Waals surface area contributed by atoms with E-state index < -0.39 is 0 Å². The topological polar surface area (TPSA) is 38.1 Å². The van der Waals surface area contributed by atoms with Crippen molar-refractivity contribution in [1.29, 1.82) is 0 Å². The van der Waals surface area contributed by atoms with Crippen molar-refractivity contribution in [2.24, 2.45) is 0 Å². The molecule has 0 spiro atoms. The number of hydrogen-bond acceptors (Lipinski definition) is 3. The third-order valence-corrected chi connectivity index (χ3v) is 5.64. The van der Waals surface area contributed by atoms with Crippen molar-refractivity contribution in [1.82, 2.24) is 14.7 Å². The molecule has 4 nitrogen and oxygen atoms in total. The predicted molar refractivity (Wildman–Crippen MR) is 95.2 cm³/mol. The molecular weight excluding hydrogens is 318 g/mol. The van der Waals surface area contributed by atoms with Crippen molar-refractivity contribution in [3.8, 4) is 0 Å². The van der Waals surface area contributed by atoms with Crippen molar-refractivity contribution < 1.29 is 4.79 Å². The van der Waals surface area contributed by atoms with Crippen LogP contribution in [0.25, 0.3) is 0 Å². The van der Waals surface area contributed by atoms with Gasteiger partial charge in [-0.3, -0.25) is 9.48 Å². The Hall–Kier alpha value is -2.40. The van der Waals surface area contributed by atoms with Crippen LogP contribution in [-0.4, -0.2) is 27.1 Å². The summed E-state index contributed by atoms with van der Waals surface area (Å²) in [7, 11) is 0. The standard InChI is InChI=1S/C19H19N3OS/c1-14-17-8-12-24-18(17)7-11-22(14)19(23)16-5-3-15(4-6-16)13-21-10-2-9-20-21/h2-6,8-10,12,14H,7,11,13H2,1H3. The van der Waals surface area contributed by atoms with Gasteiger partial charge in [0, 0.05) is 29.4 Å². The van der Waals surface area contributed by atoms with E-state index in [1.54, 1.807) is 17.5 Å². The molecule has 1 aromatic carbocycles. The molecule has 1 aliphatic rings. The van der Waals surface area contributed by atoms with Crippen LogP contribution in [0.4, 0.5) is 0 Å². The number of rotatable bonds is 3. The summed E-state index contributed by atoms with van der Waals surface area (Å²) in [4.78, 5) is 16.3. The molecule has 0 N–H and O–H groups in total. The van der Waals surface area contributed by atoms with Gasteiger partial charge in [0.05, 0.1) is 12.6 Å². The Morgan fingerprint density at radius 3 is 2.88 bits per heavy atom. The Bertz CT molecular complexity index is 836. The van der Waals surface area contributed by atoms with E-state index in [-0.39, 0.29) is 11.9 Å². The van der Waals surface area contributed by atoms with Crippen LogP contribution in [0.1, 0.15) is 39.3 Å². The maximum absolute atomic E-state index is 12.9. The highest BCUT2D eigenvalue weighted by Crippen LogP contribution is 2.33. The third kappa shape index (κ3) is 2.76. The van der Waals surface area contributed by atoms with E-state index in [4.69, 9.17) is 0 Å². The fourth-order valence-corrected chi connectivity index (χ4v) is 4.25. The summed E-state index contributed by atoms with van der Waals surface area (Å²) in [5.41, 5.74) is 3.20. The summed E-state index contributed by atoms with van der Waals surface area (Å²) < 4.78 is 1.88. The van der Waals surface area contributed by atoms with Gasteiger partial charge in [-0.25, -0.2) is 0 Å². The van der Waals surface area contributed by atoms with Crippen LogP contribution in [0.2, 0.25) is 0 Å². The lowest BCUT2D eigenvalue weighted by molar-refractivity contribution is 0.0679. The molecule has 4 rings (SSSR count). The number of fused-ring (bicyclic) bond motifs is 1. The first-order valence-corrected chi connectivity index (χ1v) is 9.04. The van der Waals surface area contributed by atoms with Gasteiger partial charge in [-0.1, -0.05) is 12.1 Å². The Labute approximate surface area is 145 Å².